The largest absolute Gasteiger partial charge is 0.435 e. The highest BCUT2D eigenvalue weighted by molar-refractivity contribution is 5.27. The molecule has 0 bridgehead atoms. The zero-order chi connectivity index (χ0) is 12.5. The van der Waals surface area contributed by atoms with Crippen molar-refractivity contribution in [1.82, 2.24) is 5.32 Å². The molecular formula is C12H17F2NO2. The van der Waals surface area contributed by atoms with Gasteiger partial charge in [-0.05, 0) is 30.7 Å². The molecule has 0 aliphatic rings. The number of nitrogens with one attached hydrogen (secondary N) is 1. The smallest absolute Gasteiger partial charge is 0.387 e. The van der Waals surface area contributed by atoms with Crippen molar-refractivity contribution in [3.8, 4) is 5.75 Å². The zero-order valence-electron chi connectivity index (χ0n) is 9.79. The molecule has 1 aromatic carbocycles. The van der Waals surface area contributed by atoms with Gasteiger partial charge in [-0.1, -0.05) is 12.1 Å². The van der Waals surface area contributed by atoms with E-state index in [4.69, 9.17) is 4.74 Å². The van der Waals surface area contributed by atoms with Crippen LogP contribution in [-0.4, -0.2) is 33.4 Å². The van der Waals surface area contributed by atoms with E-state index in [2.05, 4.69) is 10.1 Å². The lowest BCUT2D eigenvalue weighted by Crippen LogP contribution is -2.21. The molecule has 1 aromatic rings. The van der Waals surface area contributed by atoms with Crippen LogP contribution >= 0.6 is 0 Å². The molecule has 0 aliphatic carbocycles. The van der Waals surface area contributed by atoms with Crippen molar-refractivity contribution in [2.45, 2.75) is 13.0 Å². The van der Waals surface area contributed by atoms with Crippen LogP contribution in [0.1, 0.15) is 5.56 Å². The van der Waals surface area contributed by atoms with Gasteiger partial charge >= 0.3 is 6.61 Å². The Kier molecular flexibility index (Phi) is 6.50. The van der Waals surface area contributed by atoms with Crippen LogP contribution in [0.4, 0.5) is 8.78 Å². The van der Waals surface area contributed by atoms with E-state index in [0.29, 0.717) is 6.61 Å². The van der Waals surface area contributed by atoms with Gasteiger partial charge in [-0.15, -0.1) is 0 Å². The van der Waals surface area contributed by atoms with E-state index in [1.807, 2.05) is 0 Å². The molecule has 0 unspecified atom stereocenters. The monoisotopic (exact) mass is 245 g/mol. The fraction of sp³-hybridized carbons (Fsp3) is 0.500. The van der Waals surface area contributed by atoms with Crippen molar-refractivity contribution in [3.05, 3.63) is 29.8 Å². The van der Waals surface area contributed by atoms with Crippen molar-refractivity contribution >= 4 is 0 Å². The van der Waals surface area contributed by atoms with Gasteiger partial charge in [-0.3, -0.25) is 0 Å². The second-order valence-electron chi connectivity index (χ2n) is 3.52. The van der Waals surface area contributed by atoms with Crippen LogP contribution in [0, 0.1) is 0 Å². The average Bonchev–Trinajstić information content (AvgIpc) is 2.30. The summed E-state index contributed by atoms with van der Waals surface area (Å²) < 4.78 is 33.0. The summed E-state index contributed by atoms with van der Waals surface area (Å²) >= 11 is 0. The third-order valence-corrected chi connectivity index (χ3v) is 2.22. The molecule has 1 N–H and O–H groups in total. The molecule has 3 nitrogen and oxygen atoms in total. The fourth-order valence-corrected chi connectivity index (χ4v) is 1.37. The molecule has 96 valence electrons. The summed E-state index contributed by atoms with van der Waals surface area (Å²) in [5.41, 5.74) is 1.08. The Balaban J connectivity index is 2.25. The summed E-state index contributed by atoms with van der Waals surface area (Å²) in [4.78, 5) is 0. The quantitative estimate of drug-likeness (QED) is 0.711. The number of ether oxygens (including phenoxy) is 2. The lowest BCUT2D eigenvalue weighted by Gasteiger charge is -2.06. The Labute approximate surface area is 99.7 Å². The van der Waals surface area contributed by atoms with Gasteiger partial charge in [0.1, 0.15) is 5.75 Å². The molecular weight excluding hydrogens is 228 g/mol. The van der Waals surface area contributed by atoms with Gasteiger partial charge in [0.15, 0.2) is 0 Å². The SMILES string of the molecule is COCCNCCc1ccc(OC(F)F)cc1. The van der Waals surface area contributed by atoms with E-state index in [1.165, 1.54) is 0 Å². The number of hydrogen-bond donors (Lipinski definition) is 1. The van der Waals surface area contributed by atoms with Crippen molar-refractivity contribution in [3.63, 3.8) is 0 Å². The maximum Gasteiger partial charge on any atom is 0.387 e. The minimum absolute atomic E-state index is 0.191. The Hall–Kier alpha value is -1.20. The van der Waals surface area contributed by atoms with Crippen LogP contribution in [-0.2, 0) is 11.2 Å². The molecule has 0 saturated heterocycles. The number of hydrogen-bond acceptors (Lipinski definition) is 3. The first-order chi connectivity index (χ1) is 8.22. The lowest BCUT2D eigenvalue weighted by atomic mass is 10.1. The van der Waals surface area contributed by atoms with E-state index in [-0.39, 0.29) is 5.75 Å². The predicted molar refractivity (Wildman–Crippen MR) is 61.5 cm³/mol. The summed E-state index contributed by atoms with van der Waals surface area (Å²) in [6.45, 7) is -0.445. The van der Waals surface area contributed by atoms with Crippen LogP contribution < -0.4 is 10.1 Å². The van der Waals surface area contributed by atoms with Crippen LogP contribution in [0.15, 0.2) is 24.3 Å². The number of benzene rings is 1. The highest BCUT2D eigenvalue weighted by Crippen LogP contribution is 2.14. The van der Waals surface area contributed by atoms with E-state index in [1.54, 1.807) is 31.4 Å². The van der Waals surface area contributed by atoms with Crippen LogP contribution in [0.2, 0.25) is 0 Å². The van der Waals surface area contributed by atoms with Gasteiger partial charge < -0.3 is 14.8 Å². The molecule has 0 aliphatic heterocycles. The molecule has 0 heterocycles. The summed E-state index contributed by atoms with van der Waals surface area (Å²) in [6.07, 6.45) is 0.846. The number of halogens is 2. The second-order valence-corrected chi connectivity index (χ2v) is 3.52. The van der Waals surface area contributed by atoms with Crippen LogP contribution in [0.25, 0.3) is 0 Å². The summed E-state index contributed by atoms with van der Waals surface area (Å²) in [5.74, 6) is 0.191. The van der Waals surface area contributed by atoms with Gasteiger partial charge in [0, 0.05) is 13.7 Å². The van der Waals surface area contributed by atoms with Gasteiger partial charge in [-0.2, -0.15) is 8.78 Å². The molecule has 0 amide bonds. The van der Waals surface area contributed by atoms with Crippen LogP contribution in [0.3, 0.4) is 0 Å². The maximum absolute atomic E-state index is 11.9. The van der Waals surface area contributed by atoms with E-state index < -0.39 is 6.61 Å². The van der Waals surface area contributed by atoms with Gasteiger partial charge in [0.2, 0.25) is 0 Å². The van der Waals surface area contributed by atoms with Crippen molar-refractivity contribution < 1.29 is 18.3 Å². The summed E-state index contributed by atoms with van der Waals surface area (Å²) in [6, 6.07) is 6.68. The molecule has 0 spiro atoms. The van der Waals surface area contributed by atoms with E-state index >= 15 is 0 Å². The minimum atomic E-state index is -2.77. The highest BCUT2D eigenvalue weighted by atomic mass is 19.3. The third kappa shape index (κ3) is 6.19. The van der Waals surface area contributed by atoms with Crippen molar-refractivity contribution in [2.75, 3.05) is 26.8 Å². The highest BCUT2D eigenvalue weighted by Gasteiger charge is 2.03. The molecule has 5 heteroatoms. The average molecular weight is 245 g/mol. The third-order valence-electron chi connectivity index (χ3n) is 2.22. The Bertz CT molecular complexity index is 304. The molecule has 0 aromatic heterocycles. The van der Waals surface area contributed by atoms with Gasteiger partial charge in [0.25, 0.3) is 0 Å². The van der Waals surface area contributed by atoms with E-state index in [0.717, 1.165) is 25.1 Å². The molecule has 0 saturated carbocycles. The molecule has 0 radical (unpaired) electrons. The Morgan fingerprint density at radius 2 is 1.88 bits per heavy atom. The normalized spacial score (nSPS) is 10.8. The number of alkyl halides is 2. The number of methoxy groups -OCH3 is 1. The van der Waals surface area contributed by atoms with E-state index in [9.17, 15) is 8.78 Å². The minimum Gasteiger partial charge on any atom is -0.435 e. The summed E-state index contributed by atoms with van der Waals surface area (Å²) in [5, 5.41) is 3.21. The molecule has 0 fully saturated rings. The van der Waals surface area contributed by atoms with Crippen LogP contribution in [0.5, 0.6) is 5.75 Å². The lowest BCUT2D eigenvalue weighted by molar-refractivity contribution is -0.0498. The Morgan fingerprint density at radius 1 is 1.18 bits per heavy atom. The molecule has 1 rings (SSSR count). The maximum atomic E-state index is 11.9. The fourth-order valence-electron chi connectivity index (χ4n) is 1.37. The summed E-state index contributed by atoms with van der Waals surface area (Å²) in [7, 11) is 1.66. The number of rotatable bonds is 8. The first kappa shape index (κ1) is 13.9. The standard InChI is InChI=1S/C12H17F2NO2/c1-16-9-8-15-7-6-10-2-4-11(5-3-10)17-12(13)14/h2-5,12,15H,6-9H2,1H3. The molecule has 17 heavy (non-hydrogen) atoms. The first-order valence-corrected chi connectivity index (χ1v) is 5.46. The first-order valence-electron chi connectivity index (χ1n) is 5.46. The second kappa shape index (κ2) is 7.97. The van der Waals surface area contributed by atoms with Gasteiger partial charge in [0.05, 0.1) is 6.61 Å². The Morgan fingerprint density at radius 3 is 2.47 bits per heavy atom. The molecule has 0 atom stereocenters. The topological polar surface area (TPSA) is 30.5 Å². The van der Waals surface area contributed by atoms with Crippen molar-refractivity contribution in [1.29, 1.82) is 0 Å². The zero-order valence-corrected chi connectivity index (χ0v) is 9.79. The van der Waals surface area contributed by atoms with Crippen molar-refractivity contribution in [2.24, 2.45) is 0 Å². The predicted octanol–water partition coefficient (Wildman–Crippen LogP) is 2.07. The van der Waals surface area contributed by atoms with Gasteiger partial charge in [-0.25, -0.2) is 0 Å².